The van der Waals surface area contributed by atoms with Gasteiger partial charge in [-0.05, 0) is 67.7 Å². The van der Waals surface area contributed by atoms with E-state index < -0.39 is 0 Å². The molecule has 0 aliphatic carbocycles. The molecule has 0 spiro atoms. The average molecular weight is 443 g/mol. The van der Waals surface area contributed by atoms with Gasteiger partial charge in [0.05, 0.1) is 15.9 Å². The molecule has 1 aliphatic heterocycles. The Hall–Kier alpha value is -2.98. The fraction of sp³-hybridized carbons (Fsp3) is 0.200. The lowest BCUT2D eigenvalue weighted by Crippen LogP contribution is -2.34. The quantitative estimate of drug-likeness (QED) is 0.551. The minimum Gasteiger partial charge on any atom is -0.450 e. The molecular formula is C20H18N4O4S2. The standard InChI is InChI=1S/C20H18N4O4S2/c1-10(2)24-18(26)16(29-20(24)27)9-13-5-7-17(28-13)30-19-22-14-6-4-12(21-11(3)25)8-15(14)23-19/h4-10H,1-3H3,(H,21,25)(H,22,23). The van der Waals surface area contributed by atoms with Crippen molar-refractivity contribution in [3.63, 3.8) is 0 Å². The van der Waals surface area contributed by atoms with Crippen molar-refractivity contribution in [2.45, 2.75) is 37.1 Å². The first kappa shape index (κ1) is 20.3. The molecule has 0 saturated carbocycles. The Morgan fingerprint density at radius 1 is 1.30 bits per heavy atom. The van der Waals surface area contributed by atoms with Gasteiger partial charge < -0.3 is 14.7 Å². The van der Waals surface area contributed by atoms with Crippen LogP contribution in [0.15, 0.2) is 49.9 Å². The summed E-state index contributed by atoms with van der Waals surface area (Å²) >= 11 is 2.21. The molecule has 0 unspecified atom stereocenters. The number of carbonyl (C=O) groups excluding carboxylic acids is 3. The van der Waals surface area contributed by atoms with Crippen molar-refractivity contribution < 1.29 is 18.8 Å². The lowest BCUT2D eigenvalue weighted by Gasteiger charge is -2.16. The number of hydrogen-bond donors (Lipinski definition) is 2. The Kier molecular flexibility index (Phi) is 5.44. The summed E-state index contributed by atoms with van der Waals surface area (Å²) in [6, 6.07) is 8.74. The van der Waals surface area contributed by atoms with Gasteiger partial charge in [0, 0.05) is 24.7 Å². The number of rotatable bonds is 5. The summed E-state index contributed by atoms with van der Waals surface area (Å²) in [6.07, 6.45) is 1.58. The average Bonchev–Trinajstić information content (AvgIpc) is 3.33. The summed E-state index contributed by atoms with van der Waals surface area (Å²) in [6.45, 7) is 5.05. The predicted molar refractivity (Wildman–Crippen MR) is 116 cm³/mol. The first-order chi connectivity index (χ1) is 14.3. The SMILES string of the molecule is CC(=O)Nc1ccc2nc(Sc3ccc(C=C4SC(=O)N(C(C)C)C4=O)o3)[nH]c2c1. The zero-order chi connectivity index (χ0) is 21.4. The number of aromatic amines is 1. The fourth-order valence-electron chi connectivity index (χ4n) is 2.93. The molecule has 0 radical (unpaired) electrons. The smallest absolute Gasteiger partial charge is 0.293 e. The molecule has 1 saturated heterocycles. The summed E-state index contributed by atoms with van der Waals surface area (Å²) in [5.74, 6) is 0.0338. The Labute approximate surface area is 180 Å². The van der Waals surface area contributed by atoms with Crippen molar-refractivity contribution in [1.82, 2.24) is 14.9 Å². The lowest BCUT2D eigenvalue weighted by molar-refractivity contribution is -0.123. The van der Waals surface area contributed by atoms with Gasteiger partial charge in [-0.15, -0.1) is 0 Å². The van der Waals surface area contributed by atoms with Crippen molar-refractivity contribution in [2.24, 2.45) is 0 Å². The van der Waals surface area contributed by atoms with Crippen LogP contribution in [0.1, 0.15) is 26.5 Å². The van der Waals surface area contributed by atoms with E-state index in [2.05, 4.69) is 15.3 Å². The number of fused-ring (bicyclic) bond motifs is 1. The zero-order valence-corrected chi connectivity index (χ0v) is 18.0. The van der Waals surface area contributed by atoms with Crippen molar-refractivity contribution in [1.29, 1.82) is 0 Å². The lowest BCUT2D eigenvalue weighted by atomic mass is 10.3. The number of H-pyrrole nitrogens is 1. The van der Waals surface area contributed by atoms with E-state index in [0.717, 1.165) is 22.8 Å². The van der Waals surface area contributed by atoms with Gasteiger partial charge in [0.2, 0.25) is 5.91 Å². The molecule has 1 fully saturated rings. The van der Waals surface area contributed by atoms with Crippen molar-refractivity contribution in [2.75, 3.05) is 5.32 Å². The highest BCUT2D eigenvalue weighted by Gasteiger charge is 2.36. The van der Waals surface area contributed by atoms with Gasteiger partial charge in [-0.25, -0.2) is 4.98 Å². The maximum absolute atomic E-state index is 12.4. The number of aromatic nitrogens is 2. The van der Waals surface area contributed by atoms with Crippen molar-refractivity contribution >= 4 is 63.4 Å². The molecule has 30 heavy (non-hydrogen) atoms. The number of nitrogens with one attached hydrogen (secondary N) is 2. The van der Waals surface area contributed by atoms with E-state index in [4.69, 9.17) is 4.42 Å². The largest absolute Gasteiger partial charge is 0.450 e. The molecule has 1 aromatic carbocycles. The molecule has 8 nitrogen and oxygen atoms in total. The number of thioether (sulfide) groups is 1. The molecule has 0 bridgehead atoms. The van der Waals surface area contributed by atoms with Gasteiger partial charge in [0.25, 0.3) is 11.1 Å². The van der Waals surface area contributed by atoms with Gasteiger partial charge in [-0.2, -0.15) is 0 Å². The topological polar surface area (TPSA) is 108 Å². The number of carbonyl (C=O) groups is 3. The van der Waals surface area contributed by atoms with E-state index in [1.165, 1.54) is 23.6 Å². The minimum absolute atomic E-state index is 0.141. The molecule has 3 heterocycles. The van der Waals surface area contributed by atoms with Crippen LogP contribution in [0.3, 0.4) is 0 Å². The number of imidazole rings is 1. The van der Waals surface area contributed by atoms with Crippen LogP contribution in [0.25, 0.3) is 17.1 Å². The number of hydrogen-bond acceptors (Lipinski definition) is 7. The Morgan fingerprint density at radius 3 is 2.80 bits per heavy atom. The van der Waals surface area contributed by atoms with Gasteiger partial charge in [0.15, 0.2) is 10.2 Å². The summed E-state index contributed by atoms with van der Waals surface area (Å²) in [5, 5.41) is 3.68. The molecule has 2 aromatic heterocycles. The second kappa shape index (κ2) is 8.04. The van der Waals surface area contributed by atoms with Crippen LogP contribution in [0, 0.1) is 0 Å². The third-order valence-electron chi connectivity index (χ3n) is 4.19. The highest BCUT2D eigenvalue weighted by molar-refractivity contribution is 8.18. The van der Waals surface area contributed by atoms with E-state index in [9.17, 15) is 14.4 Å². The molecule has 154 valence electrons. The minimum atomic E-state index is -0.308. The Bertz CT molecular complexity index is 1190. The van der Waals surface area contributed by atoms with Gasteiger partial charge in [-0.3, -0.25) is 19.3 Å². The fourth-order valence-corrected chi connectivity index (χ4v) is 4.64. The van der Waals surface area contributed by atoms with E-state index in [-0.39, 0.29) is 23.1 Å². The number of nitrogens with zero attached hydrogens (tertiary/aromatic N) is 2. The van der Waals surface area contributed by atoms with Crippen molar-refractivity contribution in [3.8, 4) is 0 Å². The van der Waals surface area contributed by atoms with Gasteiger partial charge >= 0.3 is 0 Å². The molecular weight excluding hydrogens is 424 g/mol. The van der Waals surface area contributed by atoms with E-state index >= 15 is 0 Å². The predicted octanol–water partition coefficient (Wildman–Crippen LogP) is 4.71. The van der Waals surface area contributed by atoms with Crippen LogP contribution in [0.2, 0.25) is 0 Å². The monoisotopic (exact) mass is 442 g/mol. The highest BCUT2D eigenvalue weighted by Crippen LogP contribution is 2.35. The zero-order valence-electron chi connectivity index (χ0n) is 16.4. The van der Waals surface area contributed by atoms with E-state index in [1.54, 1.807) is 38.1 Å². The molecule has 2 N–H and O–H groups in total. The third kappa shape index (κ3) is 4.14. The summed E-state index contributed by atoms with van der Waals surface area (Å²) in [5.41, 5.74) is 2.24. The number of amides is 3. The summed E-state index contributed by atoms with van der Waals surface area (Å²) in [4.78, 5) is 44.9. The maximum Gasteiger partial charge on any atom is 0.293 e. The molecule has 3 amide bonds. The number of furan rings is 1. The number of imide groups is 1. The normalized spacial score (nSPS) is 15.7. The molecule has 1 aliphatic rings. The molecule has 0 atom stereocenters. The van der Waals surface area contributed by atoms with Gasteiger partial charge in [0.1, 0.15) is 5.76 Å². The van der Waals surface area contributed by atoms with Crippen LogP contribution in [0.4, 0.5) is 10.5 Å². The van der Waals surface area contributed by atoms with E-state index in [0.29, 0.717) is 26.6 Å². The first-order valence-electron chi connectivity index (χ1n) is 9.12. The van der Waals surface area contributed by atoms with Crippen LogP contribution in [-0.2, 0) is 9.59 Å². The second-order valence-electron chi connectivity index (χ2n) is 6.86. The van der Waals surface area contributed by atoms with Crippen LogP contribution < -0.4 is 5.32 Å². The molecule has 10 heteroatoms. The highest BCUT2D eigenvalue weighted by atomic mass is 32.2. The Morgan fingerprint density at radius 2 is 2.10 bits per heavy atom. The Balaban J connectivity index is 1.50. The molecule has 3 aromatic rings. The number of benzene rings is 1. The third-order valence-corrected chi connectivity index (χ3v) is 5.88. The number of anilines is 1. The van der Waals surface area contributed by atoms with Crippen LogP contribution in [-0.4, -0.2) is 38.0 Å². The first-order valence-corrected chi connectivity index (χ1v) is 10.8. The van der Waals surface area contributed by atoms with Crippen molar-refractivity contribution in [3.05, 3.63) is 41.0 Å². The van der Waals surface area contributed by atoms with Crippen LogP contribution >= 0.6 is 23.5 Å². The second-order valence-corrected chi connectivity index (χ2v) is 8.85. The summed E-state index contributed by atoms with van der Waals surface area (Å²) < 4.78 is 5.78. The maximum atomic E-state index is 12.4. The van der Waals surface area contributed by atoms with Crippen LogP contribution in [0.5, 0.6) is 0 Å². The summed E-state index contributed by atoms with van der Waals surface area (Å²) in [7, 11) is 0. The van der Waals surface area contributed by atoms with Gasteiger partial charge in [-0.1, -0.05) is 0 Å². The molecule has 4 rings (SSSR count). The van der Waals surface area contributed by atoms with E-state index in [1.807, 2.05) is 12.1 Å².